The molecule has 146 valence electrons. The monoisotopic (exact) mass is 374 g/mol. The number of rotatable bonds is 5. The summed E-state index contributed by atoms with van der Waals surface area (Å²) in [6.07, 6.45) is 6.02. The van der Waals surface area contributed by atoms with E-state index < -0.39 is 6.04 Å². The lowest BCUT2D eigenvalue weighted by Gasteiger charge is -2.24. The van der Waals surface area contributed by atoms with Gasteiger partial charge >= 0.3 is 0 Å². The fourth-order valence-corrected chi connectivity index (χ4v) is 4.13. The molecule has 3 atom stereocenters. The number of amides is 3. The van der Waals surface area contributed by atoms with Crippen LogP contribution in [0.5, 0.6) is 0 Å². The smallest absolute Gasteiger partial charge is 0.246 e. The van der Waals surface area contributed by atoms with Gasteiger partial charge in [0.05, 0.1) is 6.54 Å². The Morgan fingerprint density at radius 2 is 2.07 bits per heavy atom. The first-order valence-electron chi connectivity index (χ1n) is 9.58. The minimum atomic E-state index is -0.561. The molecule has 0 radical (unpaired) electrons. The Hall–Kier alpha value is -2.42. The standard InChI is InChI=1S/C18H26N6O3/c1-11(25)21-13-6-14-8-23(10-16-19-4-5-20-16)9-15(18(27)24(14)7-13)22-17(26)12-2-3-12/h4-5,12-15H,2-3,6-10H2,1H3,(H,19,20)(H,21,25)(H,22,26)/t13-,14-,15-/m0/s1. The zero-order valence-corrected chi connectivity index (χ0v) is 15.5. The number of H-pyrrole nitrogens is 1. The van der Waals surface area contributed by atoms with Crippen LogP contribution in [0.25, 0.3) is 0 Å². The summed E-state index contributed by atoms with van der Waals surface area (Å²) in [6, 6.07) is -0.582. The molecule has 1 aromatic rings. The molecule has 27 heavy (non-hydrogen) atoms. The zero-order valence-electron chi connectivity index (χ0n) is 15.5. The molecule has 3 N–H and O–H groups in total. The SMILES string of the molecule is CC(=O)N[C@H]1C[C@H]2CN(Cc3ncc[nH]3)C[C@H](NC(=O)C3CC3)C(=O)N2C1. The van der Waals surface area contributed by atoms with Crippen LogP contribution < -0.4 is 10.6 Å². The highest BCUT2D eigenvalue weighted by atomic mass is 16.2. The van der Waals surface area contributed by atoms with Gasteiger partial charge in [-0.25, -0.2) is 4.98 Å². The average molecular weight is 374 g/mol. The van der Waals surface area contributed by atoms with Gasteiger partial charge in [0.25, 0.3) is 0 Å². The fraction of sp³-hybridized carbons (Fsp3) is 0.667. The van der Waals surface area contributed by atoms with E-state index in [2.05, 4.69) is 25.5 Å². The van der Waals surface area contributed by atoms with Crippen molar-refractivity contribution in [3.8, 4) is 0 Å². The molecule has 3 amide bonds. The Morgan fingerprint density at radius 3 is 2.74 bits per heavy atom. The lowest BCUT2D eigenvalue weighted by atomic mass is 10.1. The van der Waals surface area contributed by atoms with Crippen molar-refractivity contribution in [3.05, 3.63) is 18.2 Å². The van der Waals surface area contributed by atoms with Gasteiger partial charge in [-0.3, -0.25) is 19.3 Å². The minimum Gasteiger partial charge on any atom is -0.352 e. The summed E-state index contributed by atoms with van der Waals surface area (Å²) in [5, 5.41) is 5.88. The van der Waals surface area contributed by atoms with Gasteiger partial charge in [-0.15, -0.1) is 0 Å². The molecule has 3 heterocycles. The van der Waals surface area contributed by atoms with Crippen LogP contribution >= 0.6 is 0 Å². The van der Waals surface area contributed by atoms with Crippen LogP contribution in [0.2, 0.25) is 0 Å². The van der Waals surface area contributed by atoms with Crippen molar-refractivity contribution in [1.82, 2.24) is 30.4 Å². The molecule has 0 aromatic carbocycles. The first kappa shape index (κ1) is 18.0. The number of imidazole rings is 1. The molecule has 3 aliphatic rings. The molecule has 0 spiro atoms. The molecular weight excluding hydrogens is 348 g/mol. The van der Waals surface area contributed by atoms with Crippen molar-refractivity contribution >= 4 is 17.7 Å². The van der Waals surface area contributed by atoms with Gasteiger partial charge in [-0.05, 0) is 19.3 Å². The number of fused-ring (bicyclic) bond motifs is 1. The highest BCUT2D eigenvalue weighted by molar-refractivity contribution is 5.90. The van der Waals surface area contributed by atoms with Crippen molar-refractivity contribution in [2.24, 2.45) is 5.92 Å². The quantitative estimate of drug-likeness (QED) is 0.627. The van der Waals surface area contributed by atoms with Crippen LogP contribution in [-0.2, 0) is 20.9 Å². The number of aromatic nitrogens is 2. The minimum absolute atomic E-state index is 0.0205. The van der Waals surface area contributed by atoms with Crippen molar-refractivity contribution in [1.29, 1.82) is 0 Å². The Labute approximate surface area is 157 Å². The van der Waals surface area contributed by atoms with E-state index in [0.717, 1.165) is 25.1 Å². The summed E-state index contributed by atoms with van der Waals surface area (Å²) in [5.41, 5.74) is 0. The van der Waals surface area contributed by atoms with Crippen LogP contribution in [0, 0.1) is 5.92 Å². The third-order valence-corrected chi connectivity index (χ3v) is 5.51. The molecule has 9 heteroatoms. The second kappa shape index (κ2) is 7.30. The Balaban J connectivity index is 1.51. The highest BCUT2D eigenvalue weighted by Crippen LogP contribution is 2.29. The lowest BCUT2D eigenvalue weighted by molar-refractivity contribution is -0.136. The largest absolute Gasteiger partial charge is 0.352 e. The van der Waals surface area contributed by atoms with E-state index in [1.807, 2.05) is 4.90 Å². The van der Waals surface area contributed by atoms with Gasteiger partial charge in [0.2, 0.25) is 17.7 Å². The molecule has 3 fully saturated rings. The maximum atomic E-state index is 13.1. The van der Waals surface area contributed by atoms with Crippen molar-refractivity contribution in [2.75, 3.05) is 19.6 Å². The summed E-state index contributed by atoms with van der Waals surface area (Å²) in [4.78, 5) is 48.2. The van der Waals surface area contributed by atoms with Gasteiger partial charge < -0.3 is 20.5 Å². The third-order valence-electron chi connectivity index (χ3n) is 5.51. The van der Waals surface area contributed by atoms with E-state index >= 15 is 0 Å². The Morgan fingerprint density at radius 1 is 1.26 bits per heavy atom. The first-order chi connectivity index (χ1) is 13.0. The molecule has 9 nitrogen and oxygen atoms in total. The average Bonchev–Trinajstić information content (AvgIpc) is 3.24. The third kappa shape index (κ3) is 4.13. The molecule has 1 aliphatic carbocycles. The van der Waals surface area contributed by atoms with Crippen LogP contribution in [0.3, 0.4) is 0 Å². The van der Waals surface area contributed by atoms with Gasteiger partial charge in [0.15, 0.2) is 0 Å². The number of aromatic amines is 1. The Bertz CT molecular complexity index is 717. The molecule has 0 unspecified atom stereocenters. The second-order valence-corrected chi connectivity index (χ2v) is 7.84. The highest BCUT2D eigenvalue weighted by Gasteiger charge is 2.43. The van der Waals surface area contributed by atoms with E-state index in [-0.39, 0.29) is 35.7 Å². The summed E-state index contributed by atoms with van der Waals surface area (Å²) >= 11 is 0. The summed E-state index contributed by atoms with van der Waals surface area (Å²) in [5.74, 6) is 0.725. The molecule has 2 aliphatic heterocycles. The number of nitrogens with one attached hydrogen (secondary N) is 3. The summed E-state index contributed by atoms with van der Waals surface area (Å²) in [7, 11) is 0. The van der Waals surface area contributed by atoms with Crippen molar-refractivity contribution in [3.63, 3.8) is 0 Å². The van der Waals surface area contributed by atoms with Crippen LogP contribution in [-0.4, -0.2) is 75.2 Å². The van der Waals surface area contributed by atoms with Crippen LogP contribution in [0.1, 0.15) is 32.0 Å². The van der Waals surface area contributed by atoms with Gasteiger partial charge in [-0.2, -0.15) is 0 Å². The lowest BCUT2D eigenvalue weighted by Crippen LogP contribution is -2.52. The Kier molecular flexibility index (Phi) is 4.86. The van der Waals surface area contributed by atoms with Crippen LogP contribution in [0.4, 0.5) is 0 Å². The topological polar surface area (TPSA) is 110 Å². The molecule has 2 saturated heterocycles. The summed E-state index contributed by atoms with van der Waals surface area (Å²) < 4.78 is 0. The molecule has 4 rings (SSSR count). The molecule has 0 bridgehead atoms. The van der Waals surface area contributed by atoms with Gasteiger partial charge in [0.1, 0.15) is 11.9 Å². The number of hydrogen-bond donors (Lipinski definition) is 3. The molecular formula is C18H26N6O3. The zero-order chi connectivity index (χ0) is 19.0. The van der Waals surface area contributed by atoms with Gasteiger partial charge in [-0.1, -0.05) is 0 Å². The van der Waals surface area contributed by atoms with Crippen molar-refractivity contribution in [2.45, 2.75) is 50.9 Å². The number of carbonyl (C=O) groups is 3. The van der Waals surface area contributed by atoms with Gasteiger partial charge in [0, 0.05) is 57.0 Å². The van der Waals surface area contributed by atoms with E-state index in [4.69, 9.17) is 0 Å². The molecule has 1 saturated carbocycles. The maximum Gasteiger partial charge on any atom is 0.246 e. The maximum absolute atomic E-state index is 13.1. The summed E-state index contributed by atoms with van der Waals surface area (Å²) in [6.45, 7) is 3.74. The fourth-order valence-electron chi connectivity index (χ4n) is 4.13. The van der Waals surface area contributed by atoms with Crippen molar-refractivity contribution < 1.29 is 14.4 Å². The van der Waals surface area contributed by atoms with E-state index in [1.165, 1.54) is 6.92 Å². The number of hydrogen-bond acceptors (Lipinski definition) is 5. The van der Waals surface area contributed by atoms with Crippen LogP contribution in [0.15, 0.2) is 12.4 Å². The number of nitrogens with zero attached hydrogens (tertiary/aromatic N) is 3. The second-order valence-electron chi connectivity index (χ2n) is 7.84. The molecule has 1 aromatic heterocycles. The van der Waals surface area contributed by atoms with E-state index in [1.54, 1.807) is 12.4 Å². The number of carbonyl (C=O) groups excluding carboxylic acids is 3. The predicted molar refractivity (Wildman–Crippen MR) is 96.2 cm³/mol. The predicted octanol–water partition coefficient (Wildman–Crippen LogP) is -0.774. The van der Waals surface area contributed by atoms with E-state index in [9.17, 15) is 14.4 Å². The van der Waals surface area contributed by atoms with E-state index in [0.29, 0.717) is 26.2 Å². The normalized spacial score (nSPS) is 28.6. The first-order valence-corrected chi connectivity index (χ1v) is 9.58.